The summed E-state index contributed by atoms with van der Waals surface area (Å²) in [5, 5.41) is 5.20. The van der Waals surface area contributed by atoms with Crippen LogP contribution >= 0.6 is 31.9 Å². The first-order valence-corrected chi connectivity index (χ1v) is 7.43. The fourth-order valence-electron chi connectivity index (χ4n) is 2.32. The second-order valence-electron chi connectivity index (χ2n) is 4.71. The summed E-state index contributed by atoms with van der Waals surface area (Å²) in [5.41, 5.74) is 2.55. The van der Waals surface area contributed by atoms with E-state index in [0.717, 1.165) is 0 Å². The monoisotopic (exact) mass is 362 g/mol. The maximum Gasteiger partial charge on any atom is 0.0210 e. The van der Waals surface area contributed by atoms with Crippen LogP contribution in [-0.4, -0.2) is 0 Å². The van der Waals surface area contributed by atoms with Crippen LogP contribution < -0.4 is 0 Å². The van der Waals surface area contributed by atoms with Gasteiger partial charge >= 0.3 is 0 Å². The van der Waals surface area contributed by atoms with Gasteiger partial charge in [-0.05, 0) is 70.8 Å². The van der Waals surface area contributed by atoms with Gasteiger partial charge in [-0.25, -0.2) is 0 Å². The van der Waals surface area contributed by atoms with Crippen molar-refractivity contribution in [1.82, 2.24) is 0 Å². The van der Waals surface area contributed by atoms with E-state index in [2.05, 4.69) is 82.1 Å². The summed E-state index contributed by atoms with van der Waals surface area (Å²) in [7, 11) is 0. The minimum absolute atomic E-state index is 1.17. The fraction of sp³-hybridized carbons (Fsp3) is 0.125. The summed E-state index contributed by atoms with van der Waals surface area (Å²) in [6, 6.07) is 13.3. The molecule has 0 N–H and O–H groups in total. The van der Waals surface area contributed by atoms with Gasteiger partial charge in [0, 0.05) is 8.95 Å². The normalized spacial score (nSPS) is 11.3. The summed E-state index contributed by atoms with van der Waals surface area (Å²) < 4.78 is 2.34. The first-order valence-electron chi connectivity index (χ1n) is 5.85. The number of hydrogen-bond acceptors (Lipinski definition) is 0. The van der Waals surface area contributed by atoms with Crippen molar-refractivity contribution < 1.29 is 0 Å². The van der Waals surface area contributed by atoms with Crippen LogP contribution in [0.25, 0.3) is 21.5 Å². The van der Waals surface area contributed by atoms with Gasteiger partial charge in [-0.2, -0.15) is 0 Å². The summed E-state index contributed by atoms with van der Waals surface area (Å²) >= 11 is 7.20. The SMILES string of the molecule is Cc1cc2c(ccc3cc(Br)c(C)cc32)cc1Br. The predicted molar refractivity (Wildman–Crippen MR) is 86.3 cm³/mol. The average Bonchev–Trinajstić information content (AvgIpc) is 2.33. The average molecular weight is 364 g/mol. The van der Waals surface area contributed by atoms with Gasteiger partial charge in [0.05, 0.1) is 0 Å². The fourth-order valence-corrected chi connectivity index (χ4v) is 3.04. The van der Waals surface area contributed by atoms with Crippen molar-refractivity contribution >= 4 is 53.4 Å². The quantitative estimate of drug-likeness (QED) is 0.421. The number of benzene rings is 3. The van der Waals surface area contributed by atoms with E-state index in [4.69, 9.17) is 0 Å². The molecule has 0 heterocycles. The second-order valence-corrected chi connectivity index (χ2v) is 6.42. The molecule has 0 bridgehead atoms. The van der Waals surface area contributed by atoms with Crippen LogP contribution in [0.1, 0.15) is 11.1 Å². The van der Waals surface area contributed by atoms with Gasteiger partial charge in [0.25, 0.3) is 0 Å². The molecule has 0 unspecified atom stereocenters. The molecule has 3 aromatic carbocycles. The molecule has 0 atom stereocenters. The zero-order valence-electron chi connectivity index (χ0n) is 10.2. The Morgan fingerprint density at radius 1 is 0.667 bits per heavy atom. The van der Waals surface area contributed by atoms with Gasteiger partial charge in [0.1, 0.15) is 0 Å². The van der Waals surface area contributed by atoms with Crippen LogP contribution in [0, 0.1) is 13.8 Å². The van der Waals surface area contributed by atoms with E-state index in [0.29, 0.717) is 0 Å². The molecule has 0 spiro atoms. The second kappa shape index (κ2) is 4.36. The summed E-state index contributed by atoms with van der Waals surface area (Å²) in [5.74, 6) is 0. The van der Waals surface area contributed by atoms with E-state index >= 15 is 0 Å². The van der Waals surface area contributed by atoms with Crippen molar-refractivity contribution in [2.45, 2.75) is 13.8 Å². The molecule has 3 rings (SSSR count). The van der Waals surface area contributed by atoms with Crippen LogP contribution in [0.15, 0.2) is 45.3 Å². The van der Waals surface area contributed by atoms with Gasteiger partial charge in [-0.1, -0.05) is 44.0 Å². The highest BCUT2D eigenvalue weighted by Gasteiger charge is 2.05. The standard InChI is InChI=1S/C16H12Br2/c1-9-5-13-11(7-15(9)17)3-4-12-8-16(18)10(2)6-14(12)13/h3-8H,1-2H3. The molecule has 0 aliphatic carbocycles. The van der Waals surface area contributed by atoms with Gasteiger partial charge in [-0.15, -0.1) is 0 Å². The molecule has 0 aliphatic heterocycles. The Hall–Kier alpha value is -0.860. The maximum absolute atomic E-state index is 3.60. The molecule has 0 nitrogen and oxygen atoms in total. The lowest BCUT2D eigenvalue weighted by atomic mass is 9.99. The van der Waals surface area contributed by atoms with Crippen LogP contribution in [0.2, 0.25) is 0 Å². The Labute approximate surface area is 123 Å². The molecule has 0 amide bonds. The lowest BCUT2D eigenvalue weighted by Crippen LogP contribution is -1.83. The van der Waals surface area contributed by atoms with Gasteiger partial charge in [0.15, 0.2) is 0 Å². The highest BCUT2D eigenvalue weighted by atomic mass is 79.9. The van der Waals surface area contributed by atoms with Crippen molar-refractivity contribution in [2.24, 2.45) is 0 Å². The Morgan fingerprint density at radius 2 is 1.06 bits per heavy atom. The largest absolute Gasteiger partial charge is 0.0537 e. The van der Waals surface area contributed by atoms with E-state index in [1.807, 2.05) is 0 Å². The topological polar surface area (TPSA) is 0 Å². The lowest BCUT2D eigenvalue weighted by Gasteiger charge is -2.09. The summed E-state index contributed by atoms with van der Waals surface area (Å²) in [6.07, 6.45) is 0. The minimum atomic E-state index is 1.17. The Kier molecular flexibility index (Phi) is 2.95. The molecule has 0 fully saturated rings. The van der Waals surface area contributed by atoms with E-state index < -0.39 is 0 Å². The summed E-state index contributed by atoms with van der Waals surface area (Å²) in [4.78, 5) is 0. The molecule has 0 saturated carbocycles. The van der Waals surface area contributed by atoms with E-state index in [1.165, 1.54) is 41.6 Å². The van der Waals surface area contributed by atoms with E-state index in [9.17, 15) is 0 Å². The third-order valence-corrected chi connectivity index (χ3v) is 5.10. The zero-order valence-corrected chi connectivity index (χ0v) is 13.4. The Balaban J connectivity index is 2.52. The Morgan fingerprint density at radius 3 is 1.44 bits per heavy atom. The third kappa shape index (κ3) is 1.88. The van der Waals surface area contributed by atoms with E-state index in [1.54, 1.807) is 0 Å². The van der Waals surface area contributed by atoms with Gasteiger partial charge in [0.2, 0.25) is 0 Å². The molecular weight excluding hydrogens is 352 g/mol. The maximum atomic E-state index is 3.60. The first kappa shape index (κ1) is 12.2. The molecule has 18 heavy (non-hydrogen) atoms. The third-order valence-electron chi connectivity index (χ3n) is 3.39. The first-order chi connectivity index (χ1) is 8.56. The van der Waals surface area contributed by atoms with Crippen LogP contribution in [0.4, 0.5) is 0 Å². The number of fused-ring (bicyclic) bond motifs is 3. The van der Waals surface area contributed by atoms with E-state index in [-0.39, 0.29) is 0 Å². The molecule has 0 radical (unpaired) electrons. The Bertz CT molecular complexity index is 706. The number of rotatable bonds is 0. The van der Waals surface area contributed by atoms with Crippen LogP contribution in [0.3, 0.4) is 0 Å². The number of halogens is 2. The van der Waals surface area contributed by atoms with Gasteiger partial charge in [-0.3, -0.25) is 0 Å². The predicted octanol–water partition coefficient (Wildman–Crippen LogP) is 6.13. The molecule has 90 valence electrons. The molecule has 0 aromatic heterocycles. The summed E-state index contributed by atoms with van der Waals surface area (Å²) in [6.45, 7) is 4.27. The van der Waals surface area contributed by atoms with Crippen LogP contribution in [-0.2, 0) is 0 Å². The van der Waals surface area contributed by atoms with Gasteiger partial charge < -0.3 is 0 Å². The van der Waals surface area contributed by atoms with Crippen LogP contribution in [0.5, 0.6) is 0 Å². The molecular formula is C16H12Br2. The molecule has 0 aliphatic rings. The van der Waals surface area contributed by atoms with Crippen molar-refractivity contribution in [3.63, 3.8) is 0 Å². The number of hydrogen-bond donors (Lipinski definition) is 0. The smallest absolute Gasteiger partial charge is 0.0210 e. The number of aryl methyl sites for hydroxylation is 2. The molecule has 2 heteroatoms. The minimum Gasteiger partial charge on any atom is -0.0537 e. The van der Waals surface area contributed by atoms with Crippen molar-refractivity contribution in [2.75, 3.05) is 0 Å². The molecule has 0 saturated heterocycles. The molecule has 3 aromatic rings. The highest BCUT2D eigenvalue weighted by molar-refractivity contribution is 9.10. The van der Waals surface area contributed by atoms with Crippen molar-refractivity contribution in [1.29, 1.82) is 0 Å². The van der Waals surface area contributed by atoms with Crippen molar-refractivity contribution in [3.05, 3.63) is 56.5 Å². The highest BCUT2D eigenvalue weighted by Crippen LogP contribution is 2.32. The lowest BCUT2D eigenvalue weighted by molar-refractivity contribution is 1.45. The zero-order chi connectivity index (χ0) is 12.9. The van der Waals surface area contributed by atoms with Crippen molar-refractivity contribution in [3.8, 4) is 0 Å².